The molecular weight excluding hydrogens is 349 g/mol. The van der Waals surface area contributed by atoms with Gasteiger partial charge in [-0.2, -0.15) is 0 Å². The Labute approximate surface area is 150 Å². The summed E-state index contributed by atoms with van der Waals surface area (Å²) in [7, 11) is 0. The minimum absolute atomic E-state index is 0.160. The van der Waals surface area contributed by atoms with Crippen molar-refractivity contribution in [3.05, 3.63) is 63.1 Å². The first-order valence-corrected chi connectivity index (χ1v) is 8.08. The number of nitrogens with one attached hydrogen (secondary N) is 1. The molecule has 0 aliphatic rings. The van der Waals surface area contributed by atoms with E-state index in [2.05, 4.69) is 5.32 Å². The molecule has 4 nitrogen and oxygen atoms in total. The SMILES string of the molecule is Cc1cccc(C)c1NC(=O)[C@H](C)OC(=O)c1ccc(Cl)cc1Cl. The van der Waals surface area contributed by atoms with Gasteiger partial charge in [-0.05, 0) is 50.1 Å². The molecular formula is C18H17Cl2NO3. The molecule has 1 atom stereocenters. The van der Waals surface area contributed by atoms with E-state index in [1.165, 1.54) is 25.1 Å². The third-order valence-electron chi connectivity index (χ3n) is 3.53. The second-order valence-electron chi connectivity index (χ2n) is 5.43. The number of carbonyl (C=O) groups excluding carboxylic acids is 2. The normalized spacial score (nSPS) is 11.7. The van der Waals surface area contributed by atoms with Crippen molar-refractivity contribution >= 4 is 40.8 Å². The Kier molecular flexibility index (Phi) is 5.86. The van der Waals surface area contributed by atoms with Crippen molar-refractivity contribution in [2.75, 3.05) is 5.32 Å². The average Bonchev–Trinajstić information content (AvgIpc) is 2.50. The van der Waals surface area contributed by atoms with E-state index in [4.69, 9.17) is 27.9 Å². The Hall–Kier alpha value is -2.04. The smallest absolute Gasteiger partial charge is 0.340 e. The number of aryl methyl sites for hydroxylation is 2. The van der Waals surface area contributed by atoms with Gasteiger partial charge in [-0.3, -0.25) is 4.79 Å². The van der Waals surface area contributed by atoms with Crippen molar-refractivity contribution in [1.29, 1.82) is 0 Å². The number of para-hydroxylation sites is 1. The van der Waals surface area contributed by atoms with E-state index in [0.29, 0.717) is 5.02 Å². The van der Waals surface area contributed by atoms with Gasteiger partial charge in [-0.1, -0.05) is 41.4 Å². The molecule has 0 aliphatic heterocycles. The number of anilines is 1. The molecule has 2 rings (SSSR count). The summed E-state index contributed by atoms with van der Waals surface area (Å²) < 4.78 is 5.19. The summed E-state index contributed by atoms with van der Waals surface area (Å²) in [6.07, 6.45) is -0.969. The van der Waals surface area contributed by atoms with Gasteiger partial charge in [0.15, 0.2) is 6.10 Å². The molecule has 0 heterocycles. The Bertz CT molecular complexity index is 770. The second kappa shape index (κ2) is 7.69. The summed E-state index contributed by atoms with van der Waals surface area (Å²) in [6, 6.07) is 10.1. The van der Waals surface area contributed by atoms with Crippen LogP contribution in [0.3, 0.4) is 0 Å². The summed E-state index contributed by atoms with van der Waals surface area (Å²) in [4.78, 5) is 24.4. The molecule has 1 amide bonds. The standard InChI is InChI=1S/C18H17Cl2NO3/c1-10-5-4-6-11(2)16(10)21-17(22)12(3)24-18(23)14-8-7-13(19)9-15(14)20/h4-9,12H,1-3H3,(H,21,22)/t12-/m0/s1. The quantitative estimate of drug-likeness (QED) is 0.792. The van der Waals surface area contributed by atoms with Crippen LogP contribution in [0.5, 0.6) is 0 Å². The number of esters is 1. The van der Waals surface area contributed by atoms with Crippen LogP contribution in [-0.2, 0) is 9.53 Å². The molecule has 126 valence electrons. The number of ether oxygens (including phenoxy) is 1. The van der Waals surface area contributed by atoms with Gasteiger partial charge in [-0.15, -0.1) is 0 Å². The van der Waals surface area contributed by atoms with Gasteiger partial charge < -0.3 is 10.1 Å². The molecule has 0 saturated carbocycles. The summed E-state index contributed by atoms with van der Waals surface area (Å²) in [5, 5.41) is 3.38. The Morgan fingerprint density at radius 3 is 2.29 bits per heavy atom. The van der Waals surface area contributed by atoms with Gasteiger partial charge in [0.25, 0.3) is 5.91 Å². The monoisotopic (exact) mass is 365 g/mol. The Morgan fingerprint density at radius 2 is 1.71 bits per heavy atom. The van der Waals surface area contributed by atoms with E-state index in [1.807, 2.05) is 32.0 Å². The first kappa shape index (κ1) is 18.3. The highest BCUT2D eigenvalue weighted by Gasteiger charge is 2.21. The highest BCUT2D eigenvalue weighted by atomic mass is 35.5. The maximum absolute atomic E-state index is 12.3. The van der Waals surface area contributed by atoms with Crippen LogP contribution in [0.2, 0.25) is 10.0 Å². The molecule has 0 spiro atoms. The van der Waals surface area contributed by atoms with Crippen molar-refractivity contribution in [2.45, 2.75) is 26.9 Å². The van der Waals surface area contributed by atoms with Gasteiger partial charge in [-0.25, -0.2) is 4.79 Å². The zero-order chi connectivity index (χ0) is 17.9. The summed E-state index contributed by atoms with van der Waals surface area (Å²) in [5.41, 5.74) is 2.74. The van der Waals surface area contributed by atoms with Crippen LogP contribution in [0.4, 0.5) is 5.69 Å². The highest BCUT2D eigenvalue weighted by Crippen LogP contribution is 2.23. The zero-order valence-corrected chi connectivity index (χ0v) is 15.0. The molecule has 2 aromatic carbocycles. The zero-order valence-electron chi connectivity index (χ0n) is 13.5. The van der Waals surface area contributed by atoms with Crippen LogP contribution >= 0.6 is 23.2 Å². The summed E-state index contributed by atoms with van der Waals surface area (Å²) in [5.74, 6) is -1.09. The third kappa shape index (κ3) is 4.28. The molecule has 0 saturated heterocycles. The van der Waals surface area contributed by atoms with Crippen LogP contribution in [-0.4, -0.2) is 18.0 Å². The lowest BCUT2D eigenvalue weighted by atomic mass is 10.1. The van der Waals surface area contributed by atoms with Gasteiger partial charge >= 0.3 is 5.97 Å². The van der Waals surface area contributed by atoms with E-state index < -0.39 is 18.0 Å². The number of halogens is 2. The number of hydrogen-bond acceptors (Lipinski definition) is 3. The van der Waals surface area contributed by atoms with Crippen molar-refractivity contribution in [3.8, 4) is 0 Å². The van der Waals surface area contributed by atoms with Gasteiger partial charge in [0, 0.05) is 10.7 Å². The minimum Gasteiger partial charge on any atom is -0.449 e. The number of carbonyl (C=O) groups is 2. The van der Waals surface area contributed by atoms with E-state index in [0.717, 1.165) is 16.8 Å². The maximum atomic E-state index is 12.3. The van der Waals surface area contributed by atoms with E-state index in [9.17, 15) is 9.59 Å². The molecule has 0 bridgehead atoms. The fraction of sp³-hybridized carbons (Fsp3) is 0.222. The molecule has 2 aromatic rings. The number of hydrogen-bond donors (Lipinski definition) is 1. The number of rotatable bonds is 4. The maximum Gasteiger partial charge on any atom is 0.340 e. The summed E-state index contributed by atoms with van der Waals surface area (Å²) in [6.45, 7) is 5.30. The molecule has 0 fully saturated rings. The van der Waals surface area contributed by atoms with E-state index >= 15 is 0 Å². The lowest BCUT2D eigenvalue weighted by Crippen LogP contribution is -2.30. The van der Waals surface area contributed by atoms with Gasteiger partial charge in [0.2, 0.25) is 0 Å². The molecule has 6 heteroatoms. The van der Waals surface area contributed by atoms with E-state index in [-0.39, 0.29) is 10.6 Å². The largest absolute Gasteiger partial charge is 0.449 e. The van der Waals surface area contributed by atoms with Crippen molar-refractivity contribution in [1.82, 2.24) is 0 Å². The number of benzene rings is 2. The fourth-order valence-corrected chi connectivity index (χ4v) is 2.65. The third-order valence-corrected chi connectivity index (χ3v) is 4.08. The topological polar surface area (TPSA) is 55.4 Å². The summed E-state index contributed by atoms with van der Waals surface area (Å²) >= 11 is 11.8. The van der Waals surface area contributed by atoms with Crippen LogP contribution in [0, 0.1) is 13.8 Å². The molecule has 24 heavy (non-hydrogen) atoms. The molecule has 1 N–H and O–H groups in total. The fourth-order valence-electron chi connectivity index (χ4n) is 2.17. The van der Waals surface area contributed by atoms with Crippen molar-refractivity contribution < 1.29 is 14.3 Å². The van der Waals surface area contributed by atoms with Gasteiger partial charge in [0.1, 0.15) is 0 Å². The Balaban J connectivity index is 2.07. The molecule has 0 radical (unpaired) electrons. The van der Waals surface area contributed by atoms with Crippen LogP contribution in [0.1, 0.15) is 28.4 Å². The first-order valence-electron chi connectivity index (χ1n) is 7.32. The predicted octanol–water partition coefficient (Wildman–Crippen LogP) is 4.79. The van der Waals surface area contributed by atoms with E-state index in [1.54, 1.807) is 0 Å². The van der Waals surface area contributed by atoms with Crippen molar-refractivity contribution in [2.24, 2.45) is 0 Å². The first-order chi connectivity index (χ1) is 11.3. The highest BCUT2D eigenvalue weighted by molar-refractivity contribution is 6.36. The predicted molar refractivity (Wildman–Crippen MR) is 95.9 cm³/mol. The van der Waals surface area contributed by atoms with Gasteiger partial charge in [0.05, 0.1) is 10.6 Å². The second-order valence-corrected chi connectivity index (χ2v) is 6.27. The lowest BCUT2D eigenvalue weighted by Gasteiger charge is -2.16. The van der Waals surface area contributed by atoms with Crippen LogP contribution in [0.25, 0.3) is 0 Å². The minimum atomic E-state index is -0.969. The molecule has 0 aliphatic carbocycles. The number of amides is 1. The Morgan fingerprint density at radius 1 is 1.08 bits per heavy atom. The molecule has 0 aromatic heterocycles. The van der Waals surface area contributed by atoms with Crippen molar-refractivity contribution in [3.63, 3.8) is 0 Å². The van der Waals surface area contributed by atoms with Crippen LogP contribution < -0.4 is 5.32 Å². The molecule has 0 unspecified atom stereocenters. The average molecular weight is 366 g/mol. The van der Waals surface area contributed by atoms with Crippen LogP contribution in [0.15, 0.2) is 36.4 Å². The lowest BCUT2D eigenvalue weighted by molar-refractivity contribution is -0.123.